The Morgan fingerprint density at radius 3 is 2.79 bits per heavy atom. The molecular formula is C14H11IN2O2. The Morgan fingerprint density at radius 1 is 1.26 bits per heavy atom. The largest absolute Gasteiger partial charge is 0.504 e. The third-order valence-electron chi connectivity index (χ3n) is 2.91. The second-order valence-corrected chi connectivity index (χ2v) is 5.27. The number of aromatic nitrogens is 2. The summed E-state index contributed by atoms with van der Waals surface area (Å²) in [5.74, 6) is 1.36. The number of methoxy groups -OCH3 is 1. The van der Waals surface area contributed by atoms with Gasteiger partial charge in [0.1, 0.15) is 5.82 Å². The molecule has 0 unspecified atom stereocenters. The van der Waals surface area contributed by atoms with Crippen molar-refractivity contribution in [3.8, 4) is 22.9 Å². The van der Waals surface area contributed by atoms with Crippen LogP contribution in [0, 0.1) is 3.57 Å². The molecular weight excluding hydrogens is 355 g/mol. The normalized spacial score (nSPS) is 10.8. The molecule has 0 fully saturated rings. The summed E-state index contributed by atoms with van der Waals surface area (Å²) in [5, 5.41) is 9.85. The lowest BCUT2D eigenvalue weighted by Crippen LogP contribution is -1.89. The maximum Gasteiger partial charge on any atom is 0.171 e. The molecule has 1 heterocycles. The van der Waals surface area contributed by atoms with E-state index in [1.54, 1.807) is 6.07 Å². The Morgan fingerprint density at radius 2 is 2.05 bits per heavy atom. The average Bonchev–Trinajstić information content (AvgIpc) is 2.85. The van der Waals surface area contributed by atoms with Crippen molar-refractivity contribution in [3.63, 3.8) is 0 Å². The number of fused-ring (bicyclic) bond motifs is 1. The van der Waals surface area contributed by atoms with E-state index in [2.05, 4.69) is 32.6 Å². The average molecular weight is 366 g/mol. The maximum atomic E-state index is 9.85. The van der Waals surface area contributed by atoms with Crippen molar-refractivity contribution in [2.75, 3.05) is 7.11 Å². The Bertz CT molecular complexity index is 719. The van der Waals surface area contributed by atoms with E-state index in [9.17, 15) is 5.11 Å². The summed E-state index contributed by atoms with van der Waals surface area (Å²) >= 11 is 2.07. The minimum absolute atomic E-state index is 0.156. The van der Waals surface area contributed by atoms with E-state index in [1.165, 1.54) is 7.11 Å². The van der Waals surface area contributed by atoms with E-state index >= 15 is 0 Å². The molecule has 0 saturated carbocycles. The van der Waals surface area contributed by atoms with Crippen LogP contribution in [-0.4, -0.2) is 22.2 Å². The number of nitrogens with zero attached hydrogens (tertiary/aromatic N) is 1. The number of ether oxygens (including phenoxy) is 1. The van der Waals surface area contributed by atoms with Gasteiger partial charge in [0, 0.05) is 5.56 Å². The molecule has 0 spiro atoms. The second-order valence-electron chi connectivity index (χ2n) is 4.11. The van der Waals surface area contributed by atoms with Crippen LogP contribution in [0.4, 0.5) is 0 Å². The maximum absolute atomic E-state index is 9.85. The lowest BCUT2D eigenvalue weighted by atomic mass is 10.2. The Kier molecular flexibility index (Phi) is 3.06. The molecule has 0 aliphatic carbocycles. The SMILES string of the molecule is COc1cc(-c2nc3ccccc3[nH]2)cc(I)c1O. The van der Waals surface area contributed by atoms with Crippen molar-refractivity contribution < 1.29 is 9.84 Å². The van der Waals surface area contributed by atoms with E-state index in [4.69, 9.17) is 4.74 Å². The summed E-state index contributed by atoms with van der Waals surface area (Å²) in [7, 11) is 1.54. The lowest BCUT2D eigenvalue weighted by molar-refractivity contribution is 0.372. The molecule has 96 valence electrons. The number of benzene rings is 2. The molecule has 5 heteroatoms. The molecule has 0 atom stereocenters. The summed E-state index contributed by atoms with van der Waals surface area (Å²) in [6.07, 6.45) is 0. The molecule has 0 radical (unpaired) electrons. The molecule has 0 saturated heterocycles. The molecule has 1 aromatic heterocycles. The fraction of sp³-hybridized carbons (Fsp3) is 0.0714. The van der Waals surface area contributed by atoms with Crippen LogP contribution in [0.15, 0.2) is 36.4 Å². The van der Waals surface area contributed by atoms with E-state index < -0.39 is 0 Å². The number of aromatic hydroxyl groups is 1. The standard InChI is InChI=1S/C14H11IN2O2/c1-19-12-7-8(6-9(15)13(12)18)14-16-10-4-2-3-5-11(10)17-14/h2-7,18H,1H3,(H,16,17). The van der Waals surface area contributed by atoms with E-state index in [0.717, 1.165) is 26.0 Å². The number of H-pyrrole nitrogens is 1. The zero-order valence-corrected chi connectivity index (χ0v) is 12.3. The van der Waals surface area contributed by atoms with E-state index in [-0.39, 0.29) is 5.75 Å². The molecule has 0 aliphatic heterocycles. The minimum atomic E-state index is 0.156. The highest BCUT2D eigenvalue weighted by molar-refractivity contribution is 14.1. The predicted octanol–water partition coefficient (Wildman–Crippen LogP) is 3.55. The van der Waals surface area contributed by atoms with Gasteiger partial charge in [0.2, 0.25) is 0 Å². The van der Waals surface area contributed by atoms with Crippen LogP contribution in [0.25, 0.3) is 22.4 Å². The van der Waals surface area contributed by atoms with Crippen molar-refractivity contribution in [2.45, 2.75) is 0 Å². The predicted molar refractivity (Wildman–Crippen MR) is 82.5 cm³/mol. The first-order valence-corrected chi connectivity index (χ1v) is 6.78. The van der Waals surface area contributed by atoms with Crippen molar-refractivity contribution in [2.24, 2.45) is 0 Å². The molecule has 3 rings (SSSR count). The number of aromatic amines is 1. The molecule has 19 heavy (non-hydrogen) atoms. The van der Waals surface area contributed by atoms with Crippen LogP contribution >= 0.6 is 22.6 Å². The highest BCUT2D eigenvalue weighted by Crippen LogP contribution is 2.35. The molecule has 2 N–H and O–H groups in total. The van der Waals surface area contributed by atoms with E-state index in [0.29, 0.717) is 5.75 Å². The van der Waals surface area contributed by atoms with Crippen molar-refractivity contribution in [1.29, 1.82) is 0 Å². The minimum Gasteiger partial charge on any atom is -0.504 e. The Labute approximate surface area is 123 Å². The van der Waals surface area contributed by atoms with Gasteiger partial charge < -0.3 is 14.8 Å². The summed E-state index contributed by atoms with van der Waals surface area (Å²) in [4.78, 5) is 7.79. The second kappa shape index (κ2) is 4.73. The lowest BCUT2D eigenvalue weighted by Gasteiger charge is -2.07. The summed E-state index contributed by atoms with van der Waals surface area (Å²) in [5.41, 5.74) is 2.79. The number of para-hydroxylation sites is 2. The van der Waals surface area contributed by atoms with Crippen LogP contribution < -0.4 is 4.74 Å². The number of phenols is 1. The van der Waals surface area contributed by atoms with Gasteiger partial charge in [-0.15, -0.1) is 0 Å². The quantitative estimate of drug-likeness (QED) is 0.682. The molecule has 2 aromatic carbocycles. The third-order valence-corrected chi connectivity index (χ3v) is 3.73. The topological polar surface area (TPSA) is 58.1 Å². The first kappa shape index (κ1) is 12.3. The Hall–Kier alpha value is -1.76. The van der Waals surface area contributed by atoms with Gasteiger partial charge in [0.15, 0.2) is 11.5 Å². The van der Waals surface area contributed by atoms with Crippen molar-refractivity contribution in [1.82, 2.24) is 9.97 Å². The summed E-state index contributed by atoms with van der Waals surface area (Å²) in [6, 6.07) is 11.5. The third kappa shape index (κ3) is 2.14. The summed E-state index contributed by atoms with van der Waals surface area (Å²) in [6.45, 7) is 0. The van der Waals surface area contributed by atoms with E-state index in [1.807, 2.05) is 30.3 Å². The summed E-state index contributed by atoms with van der Waals surface area (Å²) < 4.78 is 5.89. The number of rotatable bonds is 2. The number of hydrogen-bond donors (Lipinski definition) is 2. The molecule has 3 aromatic rings. The highest BCUT2D eigenvalue weighted by atomic mass is 127. The smallest absolute Gasteiger partial charge is 0.171 e. The van der Waals surface area contributed by atoms with Gasteiger partial charge in [-0.1, -0.05) is 12.1 Å². The fourth-order valence-electron chi connectivity index (χ4n) is 1.96. The van der Waals surface area contributed by atoms with Crippen molar-refractivity contribution >= 4 is 33.6 Å². The zero-order chi connectivity index (χ0) is 13.4. The van der Waals surface area contributed by atoms with Crippen LogP contribution in [0.2, 0.25) is 0 Å². The zero-order valence-electron chi connectivity index (χ0n) is 10.1. The fourth-order valence-corrected chi connectivity index (χ4v) is 2.56. The van der Waals surface area contributed by atoms with Gasteiger partial charge in [-0.25, -0.2) is 4.98 Å². The van der Waals surface area contributed by atoms with Crippen LogP contribution in [0.3, 0.4) is 0 Å². The number of hydrogen-bond acceptors (Lipinski definition) is 3. The molecule has 4 nitrogen and oxygen atoms in total. The molecule has 0 aliphatic rings. The highest BCUT2D eigenvalue weighted by Gasteiger charge is 2.12. The van der Waals surface area contributed by atoms with Gasteiger partial charge in [0.05, 0.1) is 21.7 Å². The van der Waals surface area contributed by atoms with Crippen LogP contribution in [0.5, 0.6) is 11.5 Å². The van der Waals surface area contributed by atoms with Gasteiger partial charge in [-0.05, 0) is 46.9 Å². The molecule has 0 amide bonds. The number of halogens is 1. The van der Waals surface area contributed by atoms with Gasteiger partial charge in [-0.3, -0.25) is 0 Å². The van der Waals surface area contributed by atoms with Gasteiger partial charge in [-0.2, -0.15) is 0 Å². The Balaban J connectivity index is 2.18. The van der Waals surface area contributed by atoms with Crippen LogP contribution in [-0.2, 0) is 0 Å². The first-order valence-electron chi connectivity index (χ1n) is 5.70. The number of nitrogens with one attached hydrogen (secondary N) is 1. The van der Waals surface area contributed by atoms with Gasteiger partial charge in [0.25, 0.3) is 0 Å². The molecule has 0 bridgehead atoms. The van der Waals surface area contributed by atoms with Crippen molar-refractivity contribution in [3.05, 3.63) is 40.0 Å². The number of imidazole rings is 1. The van der Waals surface area contributed by atoms with Gasteiger partial charge >= 0.3 is 0 Å². The van der Waals surface area contributed by atoms with Crippen LogP contribution in [0.1, 0.15) is 0 Å². The first-order chi connectivity index (χ1) is 9.19. The monoisotopic (exact) mass is 366 g/mol. The number of phenolic OH excluding ortho intramolecular Hbond substituents is 1.